The lowest BCUT2D eigenvalue weighted by molar-refractivity contribution is -0.144. The van der Waals surface area contributed by atoms with E-state index in [4.69, 9.17) is 16.3 Å². The van der Waals surface area contributed by atoms with Crippen LogP contribution in [0.2, 0.25) is 5.02 Å². The first-order chi connectivity index (χ1) is 16.8. The highest BCUT2D eigenvalue weighted by Gasteiger charge is 2.28. The van der Waals surface area contributed by atoms with Gasteiger partial charge in [0.15, 0.2) is 11.6 Å². The second-order valence-electron chi connectivity index (χ2n) is 8.88. The van der Waals surface area contributed by atoms with E-state index >= 15 is 0 Å². The smallest absolute Gasteiger partial charge is 0.317 e. The van der Waals surface area contributed by atoms with Gasteiger partial charge in [-0.1, -0.05) is 17.7 Å². The molecule has 12 heteroatoms. The third kappa shape index (κ3) is 7.55. The van der Waals surface area contributed by atoms with Gasteiger partial charge in [0.25, 0.3) is 0 Å². The van der Waals surface area contributed by atoms with Crippen LogP contribution in [0, 0.1) is 17.5 Å². The van der Waals surface area contributed by atoms with Gasteiger partial charge < -0.3 is 20.1 Å². The van der Waals surface area contributed by atoms with Gasteiger partial charge in [0.1, 0.15) is 17.4 Å². The van der Waals surface area contributed by atoms with Gasteiger partial charge >= 0.3 is 12.0 Å². The van der Waals surface area contributed by atoms with Crippen molar-refractivity contribution in [3.63, 3.8) is 0 Å². The van der Waals surface area contributed by atoms with Crippen LogP contribution in [0.15, 0.2) is 30.3 Å². The van der Waals surface area contributed by atoms with Gasteiger partial charge in [0, 0.05) is 24.7 Å². The number of halogens is 4. The van der Waals surface area contributed by atoms with E-state index in [1.807, 2.05) is 0 Å². The Morgan fingerprint density at radius 3 is 2.58 bits per heavy atom. The molecule has 2 aromatic carbocycles. The minimum Gasteiger partial charge on any atom is -0.463 e. The fourth-order valence-electron chi connectivity index (χ4n) is 3.42. The quantitative estimate of drug-likeness (QED) is 0.377. The van der Waals surface area contributed by atoms with Crippen LogP contribution in [0.1, 0.15) is 30.8 Å². The summed E-state index contributed by atoms with van der Waals surface area (Å²) in [7, 11) is 1.49. The first-order valence-corrected chi connectivity index (χ1v) is 12.1. The van der Waals surface area contributed by atoms with Crippen LogP contribution < -0.4 is 5.32 Å². The number of nitrogens with one attached hydrogen (secondary N) is 1. The first kappa shape index (κ1) is 27.7. The van der Waals surface area contributed by atoms with Gasteiger partial charge in [-0.2, -0.15) is 0 Å². The van der Waals surface area contributed by atoms with Crippen molar-refractivity contribution < 1.29 is 32.6 Å². The van der Waals surface area contributed by atoms with E-state index in [2.05, 4.69) is 10.3 Å². The number of benzene rings is 2. The van der Waals surface area contributed by atoms with Gasteiger partial charge in [0.2, 0.25) is 0 Å². The average Bonchev–Trinajstić information content (AvgIpc) is 3.15. The first-order valence-electron chi connectivity index (χ1n) is 10.9. The third-order valence-electron chi connectivity index (χ3n) is 5.26. The predicted octanol–water partition coefficient (Wildman–Crippen LogP) is 4.82. The molecular weight excluding hydrogens is 519 g/mol. The second kappa shape index (κ2) is 11.4. The zero-order valence-corrected chi connectivity index (χ0v) is 21.4. The number of fused-ring (bicyclic) bond motifs is 1. The Kier molecular flexibility index (Phi) is 8.80. The van der Waals surface area contributed by atoms with Crippen molar-refractivity contribution in [1.82, 2.24) is 15.2 Å². The number of amides is 2. The molecule has 0 bridgehead atoms. The molecule has 194 valence electrons. The normalized spacial score (nSPS) is 12.4. The number of urea groups is 1. The Labute approximate surface area is 214 Å². The van der Waals surface area contributed by atoms with Gasteiger partial charge in [-0.15, -0.1) is 11.3 Å². The van der Waals surface area contributed by atoms with Crippen LogP contribution in [0.3, 0.4) is 0 Å². The van der Waals surface area contributed by atoms with Crippen molar-refractivity contribution in [2.24, 2.45) is 0 Å². The third-order valence-corrected chi connectivity index (χ3v) is 6.63. The number of thiazole rings is 1. The van der Waals surface area contributed by atoms with Crippen molar-refractivity contribution >= 4 is 45.2 Å². The summed E-state index contributed by atoms with van der Waals surface area (Å²) in [5, 5.41) is 13.4. The number of aliphatic hydroxyl groups is 1. The molecule has 2 amide bonds. The minimum atomic E-state index is -1.17. The molecule has 0 saturated carbocycles. The molecule has 3 rings (SSSR count). The molecule has 2 N–H and O–H groups in total. The van der Waals surface area contributed by atoms with Crippen molar-refractivity contribution in [1.29, 1.82) is 0 Å². The van der Waals surface area contributed by atoms with E-state index in [1.165, 1.54) is 24.1 Å². The summed E-state index contributed by atoms with van der Waals surface area (Å²) < 4.78 is 45.8. The van der Waals surface area contributed by atoms with Crippen LogP contribution in [-0.4, -0.2) is 52.3 Å². The van der Waals surface area contributed by atoms with Crippen molar-refractivity contribution in [2.45, 2.75) is 44.9 Å². The summed E-state index contributed by atoms with van der Waals surface area (Å²) in [6.07, 6.45) is -0.127. The Hall–Kier alpha value is -2.89. The molecule has 0 aliphatic rings. The molecule has 1 atom stereocenters. The summed E-state index contributed by atoms with van der Waals surface area (Å²) in [6.45, 7) is 2.95. The molecule has 7 nitrogen and oxygen atoms in total. The number of esters is 1. The van der Waals surface area contributed by atoms with Crippen LogP contribution in [0.4, 0.5) is 18.0 Å². The maximum atomic E-state index is 13.4. The van der Waals surface area contributed by atoms with E-state index in [9.17, 15) is 27.9 Å². The lowest BCUT2D eigenvalue weighted by Crippen LogP contribution is -2.48. The number of carbonyl (C=O) groups excluding carboxylic acids is 2. The Morgan fingerprint density at radius 1 is 1.22 bits per heavy atom. The molecule has 0 saturated heterocycles. The highest BCUT2D eigenvalue weighted by atomic mass is 35.5. The second-order valence-corrected chi connectivity index (χ2v) is 10.4. The fourth-order valence-corrected chi connectivity index (χ4v) is 4.61. The Morgan fingerprint density at radius 2 is 1.92 bits per heavy atom. The van der Waals surface area contributed by atoms with E-state index in [0.717, 1.165) is 29.5 Å². The molecule has 0 unspecified atom stereocenters. The Balaban J connectivity index is 1.61. The molecule has 0 aliphatic carbocycles. The van der Waals surface area contributed by atoms with E-state index in [1.54, 1.807) is 13.8 Å². The van der Waals surface area contributed by atoms with Crippen LogP contribution >= 0.6 is 22.9 Å². The average molecular weight is 544 g/mol. The largest absolute Gasteiger partial charge is 0.463 e. The molecule has 36 heavy (non-hydrogen) atoms. The lowest BCUT2D eigenvalue weighted by atomic mass is 9.99. The number of hydrogen-bond acceptors (Lipinski definition) is 6. The monoisotopic (exact) mass is 543 g/mol. The van der Waals surface area contributed by atoms with Crippen molar-refractivity contribution in [3.8, 4) is 0 Å². The summed E-state index contributed by atoms with van der Waals surface area (Å²) in [5.41, 5.74) is -0.423. The predicted molar refractivity (Wildman–Crippen MR) is 130 cm³/mol. The number of carbonyl (C=O) groups is 2. The topological polar surface area (TPSA) is 91.8 Å². The van der Waals surface area contributed by atoms with E-state index in [-0.39, 0.29) is 36.5 Å². The summed E-state index contributed by atoms with van der Waals surface area (Å²) in [5.74, 6) is -3.18. The maximum Gasteiger partial charge on any atom is 0.317 e. The maximum absolute atomic E-state index is 13.4. The van der Waals surface area contributed by atoms with Gasteiger partial charge in [-0.25, -0.2) is 22.9 Å². The summed E-state index contributed by atoms with van der Waals surface area (Å²) in [4.78, 5) is 30.6. The molecule has 1 aromatic heterocycles. The lowest BCUT2D eigenvalue weighted by Gasteiger charge is -2.32. The molecule has 1 heterocycles. The number of aromatic nitrogens is 1. The van der Waals surface area contributed by atoms with Crippen molar-refractivity contribution in [3.05, 3.63) is 63.4 Å². The molecule has 0 spiro atoms. The van der Waals surface area contributed by atoms with Crippen molar-refractivity contribution in [2.75, 3.05) is 13.7 Å². The van der Waals surface area contributed by atoms with E-state index in [0.29, 0.717) is 15.3 Å². The highest BCUT2D eigenvalue weighted by Crippen LogP contribution is 2.25. The van der Waals surface area contributed by atoms with Crippen LogP contribution in [-0.2, 0) is 22.5 Å². The highest BCUT2D eigenvalue weighted by molar-refractivity contribution is 7.18. The number of nitrogens with zero attached hydrogens (tertiary/aromatic N) is 2. The molecular formula is C24H25ClF3N3O4S. The zero-order valence-electron chi connectivity index (χ0n) is 19.8. The SMILES string of the molecule is CN(C(=O)NCc1ccc(F)cc1Cl)[C@H](COC(=O)Cc1nc2cc(F)c(F)cc2s1)CC(C)(C)O. The number of ether oxygens (including phenoxy) is 1. The molecule has 0 aliphatic heterocycles. The van der Waals surface area contributed by atoms with Crippen LogP contribution in [0.25, 0.3) is 10.2 Å². The number of rotatable bonds is 9. The van der Waals surface area contributed by atoms with Gasteiger partial charge in [-0.3, -0.25) is 4.79 Å². The summed E-state index contributed by atoms with van der Waals surface area (Å²) in [6, 6.07) is 4.60. The standard InChI is InChI=1S/C24H25ClF3N3O4S/c1-24(2,34)10-15(31(3)23(33)29-11-13-4-5-14(26)6-16(13)25)12-35-22(32)9-21-30-19-7-17(27)18(28)8-20(19)36-21/h4-8,15,34H,9-12H2,1-3H3,(H,29,33)/t15-/m0/s1. The summed E-state index contributed by atoms with van der Waals surface area (Å²) >= 11 is 7.04. The number of hydrogen-bond donors (Lipinski definition) is 2. The van der Waals surface area contributed by atoms with Gasteiger partial charge in [0.05, 0.1) is 28.3 Å². The number of likely N-dealkylation sites (N-methyl/N-ethyl adjacent to an activating group) is 1. The molecule has 0 fully saturated rings. The van der Waals surface area contributed by atoms with Crippen LogP contribution in [0.5, 0.6) is 0 Å². The molecule has 0 radical (unpaired) electrons. The minimum absolute atomic E-state index is 0.0378. The molecule has 3 aromatic rings. The zero-order chi connectivity index (χ0) is 26.6. The van der Waals surface area contributed by atoms with E-state index < -0.39 is 41.1 Å². The van der Waals surface area contributed by atoms with Gasteiger partial charge in [-0.05, 0) is 44.0 Å². The Bertz CT molecular complexity index is 1230. The fraction of sp³-hybridized carbons (Fsp3) is 0.375.